The van der Waals surface area contributed by atoms with E-state index >= 15 is 0 Å². The number of benzene rings is 6. The van der Waals surface area contributed by atoms with E-state index in [1.54, 1.807) is 16.7 Å². The quantitative estimate of drug-likeness (QED) is 0.188. The van der Waals surface area contributed by atoms with Crippen LogP contribution in [0.15, 0.2) is 139 Å². The van der Waals surface area contributed by atoms with E-state index in [0.29, 0.717) is 5.92 Å². The molecule has 0 saturated heterocycles. The molecular weight excluding hydrogens is 553 g/mol. The van der Waals surface area contributed by atoms with Crippen molar-refractivity contribution in [1.29, 1.82) is 0 Å². The van der Waals surface area contributed by atoms with Crippen LogP contribution in [0.4, 0.5) is 0 Å². The summed E-state index contributed by atoms with van der Waals surface area (Å²) in [6.45, 7) is 9.79. The summed E-state index contributed by atoms with van der Waals surface area (Å²) in [5.41, 5.74) is 16.2. The van der Waals surface area contributed by atoms with E-state index in [-0.39, 0.29) is 10.8 Å². The zero-order valence-corrected chi connectivity index (χ0v) is 27.3. The molecule has 0 N–H and O–H groups in total. The van der Waals surface area contributed by atoms with Gasteiger partial charge in [0.15, 0.2) is 0 Å². The van der Waals surface area contributed by atoms with Crippen LogP contribution in [0, 0.1) is 0 Å². The molecule has 0 heterocycles. The van der Waals surface area contributed by atoms with Gasteiger partial charge < -0.3 is 0 Å². The molecule has 3 aliphatic rings. The molecule has 46 heavy (non-hydrogen) atoms. The summed E-state index contributed by atoms with van der Waals surface area (Å²) < 4.78 is 0. The lowest BCUT2D eigenvalue weighted by Crippen LogP contribution is -2.31. The first-order chi connectivity index (χ1) is 22.3. The highest BCUT2D eigenvalue weighted by molar-refractivity contribution is 5.99. The summed E-state index contributed by atoms with van der Waals surface area (Å²) in [6.07, 6.45) is 5.93. The lowest BCUT2D eigenvalue weighted by Gasteiger charge is -2.41. The van der Waals surface area contributed by atoms with Crippen molar-refractivity contribution in [3.8, 4) is 11.1 Å². The minimum atomic E-state index is -0.0618. The van der Waals surface area contributed by atoms with Gasteiger partial charge >= 0.3 is 0 Å². The van der Waals surface area contributed by atoms with Crippen LogP contribution in [0.5, 0.6) is 0 Å². The van der Waals surface area contributed by atoms with Gasteiger partial charge in [-0.2, -0.15) is 0 Å². The number of rotatable bonds is 2. The molecule has 224 valence electrons. The molecule has 1 atom stereocenters. The zero-order valence-electron chi connectivity index (χ0n) is 27.3. The van der Waals surface area contributed by atoms with Crippen LogP contribution in [-0.2, 0) is 10.8 Å². The Hall–Kier alpha value is -4.68. The van der Waals surface area contributed by atoms with Crippen molar-refractivity contribution in [2.24, 2.45) is 0 Å². The fourth-order valence-electron chi connectivity index (χ4n) is 9.23. The van der Waals surface area contributed by atoms with E-state index in [0.717, 1.165) is 19.3 Å². The largest absolute Gasteiger partial charge is 0.0648 e. The molecule has 0 aliphatic heterocycles. The second-order valence-corrected chi connectivity index (χ2v) is 14.9. The average molecular weight is 593 g/mol. The van der Waals surface area contributed by atoms with Crippen LogP contribution in [-0.4, -0.2) is 0 Å². The van der Waals surface area contributed by atoms with Crippen LogP contribution < -0.4 is 0 Å². The monoisotopic (exact) mass is 592 g/mol. The summed E-state index contributed by atoms with van der Waals surface area (Å²) in [6, 6.07) is 45.8. The van der Waals surface area contributed by atoms with E-state index in [4.69, 9.17) is 0 Å². The fraction of sp³-hybridized carbons (Fsp3) is 0.217. The summed E-state index contributed by atoms with van der Waals surface area (Å²) >= 11 is 0. The second kappa shape index (κ2) is 9.91. The van der Waals surface area contributed by atoms with Gasteiger partial charge in [0.05, 0.1) is 0 Å². The van der Waals surface area contributed by atoms with Crippen molar-refractivity contribution in [3.63, 3.8) is 0 Å². The minimum Gasteiger partial charge on any atom is -0.0648 e. The lowest BCUT2D eigenvalue weighted by molar-refractivity contribution is 0.567. The third-order valence-electron chi connectivity index (χ3n) is 11.6. The molecule has 1 unspecified atom stereocenters. The zero-order chi connectivity index (χ0) is 31.2. The van der Waals surface area contributed by atoms with Gasteiger partial charge in [0.2, 0.25) is 0 Å². The first-order valence-corrected chi connectivity index (χ1v) is 17.0. The minimum absolute atomic E-state index is 0.00106. The smallest absolute Gasteiger partial charge is 0.0152 e. The van der Waals surface area contributed by atoms with Crippen LogP contribution in [0.1, 0.15) is 86.3 Å². The molecule has 0 heteroatoms. The topological polar surface area (TPSA) is 0 Å². The first kappa shape index (κ1) is 27.6. The van der Waals surface area contributed by atoms with Crippen molar-refractivity contribution in [2.75, 3.05) is 0 Å². The third-order valence-corrected chi connectivity index (χ3v) is 11.6. The Morgan fingerprint density at radius 3 is 2.04 bits per heavy atom. The van der Waals surface area contributed by atoms with Gasteiger partial charge in [-0.3, -0.25) is 0 Å². The van der Waals surface area contributed by atoms with Gasteiger partial charge in [0.1, 0.15) is 0 Å². The van der Waals surface area contributed by atoms with Gasteiger partial charge in [-0.05, 0) is 109 Å². The SMILES string of the molecule is CC1(C)C2=C(CCC(c3ccc4cc(-c5cccc6ccccc56)ccc4c3)=C2)CC2c3ccccc3C(C)(C)c3cccc1c32. The Labute approximate surface area is 273 Å². The molecule has 0 amide bonds. The Bertz CT molecular complexity index is 2280. The summed E-state index contributed by atoms with van der Waals surface area (Å²) in [7, 11) is 0. The van der Waals surface area contributed by atoms with E-state index in [2.05, 4.69) is 155 Å². The second-order valence-electron chi connectivity index (χ2n) is 14.9. The predicted molar refractivity (Wildman–Crippen MR) is 196 cm³/mol. The molecule has 0 bridgehead atoms. The maximum absolute atomic E-state index is 2.58. The molecular formula is C46H40. The highest BCUT2D eigenvalue weighted by atomic mass is 14.5. The van der Waals surface area contributed by atoms with E-state index in [1.165, 1.54) is 66.1 Å². The summed E-state index contributed by atoms with van der Waals surface area (Å²) in [5, 5.41) is 5.20. The van der Waals surface area contributed by atoms with E-state index in [9.17, 15) is 0 Å². The van der Waals surface area contributed by atoms with Crippen LogP contribution in [0.25, 0.3) is 38.2 Å². The normalized spacial score (nSPS) is 19.2. The predicted octanol–water partition coefficient (Wildman–Crippen LogP) is 12.3. The molecule has 0 radical (unpaired) electrons. The molecule has 9 rings (SSSR count). The number of hydrogen-bond acceptors (Lipinski definition) is 0. The Morgan fingerprint density at radius 2 is 1.20 bits per heavy atom. The van der Waals surface area contributed by atoms with Crippen molar-refractivity contribution in [1.82, 2.24) is 0 Å². The Morgan fingerprint density at radius 1 is 0.543 bits per heavy atom. The molecule has 0 saturated carbocycles. The molecule has 3 aliphatic carbocycles. The number of fused-ring (bicyclic) bond motifs is 4. The highest BCUT2D eigenvalue weighted by Gasteiger charge is 2.44. The standard InChI is InChI=1S/C46H40/c1-45(2)40-16-8-7-14-38(40)39-27-35-24-22-33(28-43(35)46(3,4)42-18-10-17-41(45)44(39)42)31-19-20-32-26-34(23-21-30(32)25-31)37-15-9-12-29-11-5-6-13-36(29)37/h5-21,23,25-26,28,39H,22,24,27H2,1-4H3. The maximum Gasteiger partial charge on any atom is 0.0152 e. The molecule has 0 aromatic heterocycles. The van der Waals surface area contributed by atoms with Gasteiger partial charge in [-0.1, -0.05) is 149 Å². The maximum atomic E-state index is 2.58. The molecule has 6 aromatic carbocycles. The highest BCUT2D eigenvalue weighted by Crippen LogP contribution is 2.56. The van der Waals surface area contributed by atoms with Gasteiger partial charge in [0.25, 0.3) is 0 Å². The van der Waals surface area contributed by atoms with Crippen LogP contribution >= 0.6 is 0 Å². The molecule has 6 aromatic rings. The van der Waals surface area contributed by atoms with Gasteiger partial charge in [0, 0.05) is 16.7 Å². The molecule has 0 fully saturated rings. The Kier molecular flexibility index (Phi) is 5.95. The van der Waals surface area contributed by atoms with Crippen LogP contribution in [0.2, 0.25) is 0 Å². The number of allylic oxidation sites excluding steroid dienone is 4. The van der Waals surface area contributed by atoms with E-state index in [1.807, 2.05) is 0 Å². The fourth-order valence-corrected chi connectivity index (χ4v) is 9.23. The lowest BCUT2D eigenvalue weighted by atomic mass is 9.62. The van der Waals surface area contributed by atoms with Crippen molar-refractivity contribution in [2.45, 2.75) is 63.7 Å². The first-order valence-electron chi connectivity index (χ1n) is 17.0. The summed E-state index contributed by atoms with van der Waals surface area (Å²) in [5.74, 6) is 0.425. The average Bonchev–Trinajstić information content (AvgIpc) is 3.18. The summed E-state index contributed by atoms with van der Waals surface area (Å²) in [4.78, 5) is 0. The molecule has 0 nitrogen and oxygen atoms in total. The number of hydrogen-bond donors (Lipinski definition) is 0. The van der Waals surface area contributed by atoms with E-state index < -0.39 is 0 Å². The van der Waals surface area contributed by atoms with Gasteiger partial charge in [-0.25, -0.2) is 0 Å². The van der Waals surface area contributed by atoms with Crippen molar-refractivity contribution in [3.05, 3.63) is 172 Å². The third kappa shape index (κ3) is 3.99. The van der Waals surface area contributed by atoms with Crippen molar-refractivity contribution >= 4 is 27.1 Å². The Balaban J connectivity index is 1.13. The van der Waals surface area contributed by atoms with Crippen molar-refractivity contribution < 1.29 is 0 Å². The molecule has 0 spiro atoms. The van der Waals surface area contributed by atoms with Gasteiger partial charge in [-0.15, -0.1) is 0 Å². The van der Waals surface area contributed by atoms with Crippen LogP contribution in [0.3, 0.4) is 0 Å².